The van der Waals surface area contributed by atoms with Crippen molar-refractivity contribution in [2.75, 3.05) is 19.8 Å². The monoisotopic (exact) mass is 447 g/mol. The van der Waals surface area contributed by atoms with Crippen molar-refractivity contribution in [2.45, 2.75) is 39.2 Å². The fourth-order valence-electron chi connectivity index (χ4n) is 3.92. The van der Waals surface area contributed by atoms with Gasteiger partial charge in [-0.15, -0.1) is 10.2 Å². The molecule has 0 aliphatic heterocycles. The molecule has 2 aromatic heterocycles. The van der Waals surface area contributed by atoms with Gasteiger partial charge in [-0.3, -0.25) is 18.6 Å². The minimum Gasteiger partial charge on any atom is -0.382 e. The predicted octanol–water partition coefficient (Wildman–Crippen LogP) is 2.76. The second-order valence-electron chi connectivity index (χ2n) is 7.86. The maximum Gasteiger partial charge on any atom is 0.262 e. The highest BCUT2D eigenvalue weighted by Crippen LogP contribution is 2.16. The Morgan fingerprint density at radius 3 is 2.64 bits per heavy atom. The van der Waals surface area contributed by atoms with Crippen LogP contribution in [0, 0.1) is 0 Å². The molecule has 8 nitrogen and oxygen atoms in total. The molecule has 33 heavy (non-hydrogen) atoms. The lowest BCUT2D eigenvalue weighted by molar-refractivity contribution is -0.121. The van der Waals surface area contributed by atoms with Gasteiger partial charge in [0.25, 0.3) is 5.56 Å². The van der Waals surface area contributed by atoms with Gasteiger partial charge in [0.15, 0.2) is 0 Å². The summed E-state index contributed by atoms with van der Waals surface area (Å²) in [5.74, 6) is 1.13. The zero-order chi connectivity index (χ0) is 23.0. The van der Waals surface area contributed by atoms with E-state index in [4.69, 9.17) is 4.74 Å². The summed E-state index contributed by atoms with van der Waals surface area (Å²) in [6.07, 6.45) is 2.22. The number of fused-ring (bicyclic) bond motifs is 3. The number of hydrogen-bond donors (Lipinski definition) is 1. The molecule has 4 aromatic rings. The minimum atomic E-state index is -0.0833. The van der Waals surface area contributed by atoms with Gasteiger partial charge in [0.1, 0.15) is 5.82 Å². The van der Waals surface area contributed by atoms with E-state index in [9.17, 15) is 9.59 Å². The largest absolute Gasteiger partial charge is 0.382 e. The zero-order valence-corrected chi connectivity index (χ0v) is 18.9. The standard InChI is InChI=1S/C25H29N5O3/c1-2-33-18-8-16-26-23(31)14-13-22-27-28-25-29(17-15-19-9-4-3-5-10-19)24(32)20-11-6-7-12-21(20)30(22)25/h3-7,9-12H,2,8,13-18H2,1H3,(H,26,31). The van der Waals surface area contributed by atoms with E-state index < -0.39 is 0 Å². The molecule has 0 fully saturated rings. The van der Waals surface area contributed by atoms with Crippen LogP contribution in [0.2, 0.25) is 0 Å². The van der Waals surface area contributed by atoms with E-state index >= 15 is 0 Å². The van der Waals surface area contributed by atoms with E-state index in [1.54, 1.807) is 4.57 Å². The lowest BCUT2D eigenvalue weighted by Gasteiger charge is -2.11. The van der Waals surface area contributed by atoms with Crippen molar-refractivity contribution in [3.8, 4) is 0 Å². The second-order valence-corrected chi connectivity index (χ2v) is 7.86. The van der Waals surface area contributed by atoms with Crippen LogP contribution in [0.4, 0.5) is 0 Å². The van der Waals surface area contributed by atoms with Crippen molar-refractivity contribution in [1.29, 1.82) is 0 Å². The average Bonchev–Trinajstić information content (AvgIpc) is 3.27. The van der Waals surface area contributed by atoms with Crippen molar-refractivity contribution in [3.63, 3.8) is 0 Å². The average molecular weight is 448 g/mol. The molecule has 4 rings (SSSR count). The molecular formula is C25H29N5O3. The lowest BCUT2D eigenvalue weighted by Crippen LogP contribution is -2.26. The SMILES string of the molecule is CCOCCCNC(=O)CCc1nnc2n(CCc3ccccc3)c(=O)c3ccccc3n12. The molecule has 1 N–H and O–H groups in total. The number of benzene rings is 2. The Kier molecular flexibility index (Phi) is 7.47. The maximum absolute atomic E-state index is 13.2. The Balaban J connectivity index is 1.57. The quantitative estimate of drug-likeness (QED) is 0.357. The number of aromatic nitrogens is 4. The van der Waals surface area contributed by atoms with Crippen molar-refractivity contribution >= 4 is 22.6 Å². The second kappa shape index (κ2) is 10.9. The van der Waals surface area contributed by atoms with Crippen LogP contribution >= 0.6 is 0 Å². The van der Waals surface area contributed by atoms with E-state index in [0.29, 0.717) is 62.6 Å². The third-order valence-electron chi connectivity index (χ3n) is 5.61. The Labute approximate surface area is 192 Å². The first-order valence-electron chi connectivity index (χ1n) is 11.4. The van der Waals surface area contributed by atoms with Crippen LogP contribution in [0.1, 0.15) is 31.2 Å². The normalized spacial score (nSPS) is 11.3. The highest BCUT2D eigenvalue weighted by molar-refractivity contribution is 5.80. The minimum absolute atomic E-state index is 0.0371. The van der Waals surface area contributed by atoms with Crippen LogP contribution in [0.15, 0.2) is 59.4 Å². The summed E-state index contributed by atoms with van der Waals surface area (Å²) in [4.78, 5) is 25.5. The van der Waals surface area contributed by atoms with Gasteiger partial charge in [-0.2, -0.15) is 0 Å². The molecule has 8 heteroatoms. The first kappa shape index (κ1) is 22.7. The van der Waals surface area contributed by atoms with Crippen LogP contribution < -0.4 is 10.9 Å². The molecule has 0 aliphatic rings. The predicted molar refractivity (Wildman–Crippen MR) is 127 cm³/mol. The van der Waals surface area contributed by atoms with E-state index in [-0.39, 0.29) is 11.5 Å². The summed E-state index contributed by atoms with van der Waals surface area (Å²) in [6, 6.07) is 17.5. The van der Waals surface area contributed by atoms with Gasteiger partial charge in [-0.05, 0) is 37.5 Å². The van der Waals surface area contributed by atoms with Crippen LogP contribution in [-0.4, -0.2) is 44.8 Å². The molecule has 0 aliphatic carbocycles. The number of hydrogen-bond acceptors (Lipinski definition) is 5. The van der Waals surface area contributed by atoms with Crippen LogP contribution in [0.3, 0.4) is 0 Å². The molecule has 0 spiro atoms. The first-order chi connectivity index (χ1) is 16.2. The number of rotatable bonds is 11. The van der Waals surface area contributed by atoms with Crippen molar-refractivity contribution in [2.24, 2.45) is 0 Å². The van der Waals surface area contributed by atoms with Crippen molar-refractivity contribution < 1.29 is 9.53 Å². The van der Waals surface area contributed by atoms with Gasteiger partial charge >= 0.3 is 0 Å². The molecule has 0 radical (unpaired) electrons. The maximum atomic E-state index is 13.2. The Morgan fingerprint density at radius 1 is 1.03 bits per heavy atom. The summed E-state index contributed by atoms with van der Waals surface area (Å²) < 4.78 is 8.88. The molecule has 1 amide bonds. The number of nitrogens with zero attached hydrogens (tertiary/aromatic N) is 4. The molecule has 2 heterocycles. The summed E-state index contributed by atoms with van der Waals surface area (Å²) in [5.41, 5.74) is 1.82. The van der Waals surface area contributed by atoms with Crippen LogP contribution in [0.5, 0.6) is 0 Å². The smallest absolute Gasteiger partial charge is 0.262 e. The summed E-state index contributed by atoms with van der Waals surface area (Å²) in [6.45, 7) is 4.35. The first-order valence-corrected chi connectivity index (χ1v) is 11.4. The molecule has 0 saturated carbocycles. The summed E-state index contributed by atoms with van der Waals surface area (Å²) in [7, 11) is 0. The summed E-state index contributed by atoms with van der Waals surface area (Å²) in [5, 5.41) is 12.2. The number of para-hydroxylation sites is 1. The van der Waals surface area contributed by atoms with Gasteiger partial charge in [0.05, 0.1) is 10.9 Å². The third-order valence-corrected chi connectivity index (χ3v) is 5.61. The van der Waals surface area contributed by atoms with Gasteiger partial charge in [0, 0.05) is 39.1 Å². The number of nitrogens with one attached hydrogen (secondary N) is 1. The van der Waals surface area contributed by atoms with Gasteiger partial charge in [0.2, 0.25) is 11.7 Å². The molecule has 2 aromatic carbocycles. The van der Waals surface area contributed by atoms with Crippen molar-refractivity contribution in [1.82, 2.24) is 24.5 Å². The summed E-state index contributed by atoms with van der Waals surface area (Å²) >= 11 is 0. The lowest BCUT2D eigenvalue weighted by atomic mass is 10.1. The van der Waals surface area contributed by atoms with Gasteiger partial charge < -0.3 is 10.1 Å². The topological polar surface area (TPSA) is 90.5 Å². The number of amides is 1. The Bertz CT molecular complexity index is 1280. The van der Waals surface area contributed by atoms with Crippen LogP contribution in [-0.2, 0) is 28.9 Å². The molecule has 0 atom stereocenters. The third kappa shape index (κ3) is 5.28. The highest BCUT2D eigenvalue weighted by atomic mass is 16.5. The fraction of sp³-hybridized carbons (Fsp3) is 0.360. The molecule has 0 unspecified atom stereocenters. The fourth-order valence-corrected chi connectivity index (χ4v) is 3.92. The molecule has 0 bridgehead atoms. The van der Waals surface area contributed by atoms with Gasteiger partial charge in [-0.1, -0.05) is 42.5 Å². The Hall–Kier alpha value is -3.52. The number of ether oxygens (including phenoxy) is 1. The van der Waals surface area contributed by atoms with Gasteiger partial charge in [-0.25, -0.2) is 0 Å². The number of carbonyl (C=O) groups is 1. The van der Waals surface area contributed by atoms with E-state index in [2.05, 4.69) is 15.5 Å². The molecule has 0 saturated heterocycles. The number of carbonyl (C=O) groups excluding carboxylic acids is 1. The van der Waals surface area contributed by atoms with E-state index in [1.807, 2.05) is 65.9 Å². The highest BCUT2D eigenvalue weighted by Gasteiger charge is 2.17. The van der Waals surface area contributed by atoms with Crippen LogP contribution in [0.25, 0.3) is 16.7 Å². The zero-order valence-electron chi connectivity index (χ0n) is 18.9. The Morgan fingerprint density at radius 2 is 1.82 bits per heavy atom. The van der Waals surface area contributed by atoms with E-state index in [1.165, 1.54) is 0 Å². The van der Waals surface area contributed by atoms with E-state index in [0.717, 1.165) is 17.5 Å². The molecule has 172 valence electrons. The number of aryl methyl sites for hydroxylation is 3. The van der Waals surface area contributed by atoms with Crippen molar-refractivity contribution in [3.05, 3.63) is 76.3 Å². The molecular weight excluding hydrogens is 418 g/mol.